The van der Waals surface area contributed by atoms with Gasteiger partial charge in [-0.1, -0.05) is 56.3 Å². The first-order valence-corrected chi connectivity index (χ1v) is 37.8. The number of nitrogens with two attached hydrogens (primary N) is 2. The molecule has 0 spiro atoms. The van der Waals surface area contributed by atoms with Crippen molar-refractivity contribution < 1.29 is 35.9 Å². The second-order valence-electron chi connectivity index (χ2n) is 28.7. The summed E-state index contributed by atoms with van der Waals surface area (Å²) in [5.74, 6) is -1.23. The fourth-order valence-corrected chi connectivity index (χ4v) is 15.8. The standard InChI is InChI=1S/C29H33F2N7O2.C29H33F2N7.C24H25F2N7/c1-35-23-4-2-3-20(28(32)39)25(23)26-27(35)29(34-24(33-26)18-37-13-15-40-16-14-37)38-11-9-36(10-12-38)8-7-19-5-6-21(30)22(31)17-19;1-4-36(5-2)19-25-33-27-26-21(18-32)7-6-8-24(26)35(3)28(27)29(34-25)38-15-13-37(14-16-38)12-11-20-9-10-22(30)23(31)17-20;1-31-19-4-2-3-16(23(27)28)20(19)21-22(31)24(30-14-29-21)33-11-9-32(10-12-33)8-7-15-5-6-17(25)18(26)13-15/h2-6,17H,7-16,18H2,1H3,(H2,32,39);6-10,17H,4-5,11-16,19H2,1-3H3;2-6,13-14H,7-12H2,1H3,(H3,27,28). The van der Waals surface area contributed by atoms with E-state index in [1.54, 1.807) is 30.6 Å². The number of hydrogen-bond donors (Lipinski definition) is 3. The van der Waals surface area contributed by atoms with E-state index in [1.807, 2.05) is 69.7 Å². The number of halogens is 6. The number of aromatic nitrogens is 9. The number of nitriles is 1. The predicted molar refractivity (Wildman–Crippen MR) is 421 cm³/mol. The second kappa shape index (κ2) is 33.8. The van der Waals surface area contributed by atoms with E-state index in [4.69, 9.17) is 41.5 Å². The molecule has 0 atom stereocenters. The number of hydrogen-bond acceptors (Lipinski definition) is 18. The van der Waals surface area contributed by atoms with Crippen LogP contribution in [0.2, 0.25) is 0 Å². The molecule has 29 heteroatoms. The first kappa shape index (κ1) is 76.9. The molecule has 0 unspecified atom stereocenters. The Labute approximate surface area is 639 Å². The Morgan fingerprint density at radius 3 is 1.35 bits per heavy atom. The maximum Gasteiger partial charge on any atom is 0.249 e. The Morgan fingerprint density at radius 2 is 0.901 bits per heavy atom. The molecule has 4 aliphatic rings. The van der Waals surface area contributed by atoms with Gasteiger partial charge >= 0.3 is 0 Å². The fraction of sp³-hybridized carbons (Fsp3) is 0.378. The molecule has 4 aliphatic heterocycles. The van der Waals surface area contributed by atoms with Crippen molar-refractivity contribution in [2.24, 2.45) is 32.6 Å². The van der Waals surface area contributed by atoms with E-state index in [9.17, 15) is 36.4 Å². The number of fused-ring (bicyclic) bond motifs is 9. The van der Waals surface area contributed by atoms with Crippen molar-refractivity contribution in [2.45, 2.75) is 46.2 Å². The Kier molecular flexibility index (Phi) is 23.4. The van der Waals surface area contributed by atoms with E-state index in [1.165, 1.54) is 36.4 Å². The summed E-state index contributed by atoms with van der Waals surface area (Å²) in [7, 11) is 5.97. The number of piperazine rings is 3. The average Bonchev–Trinajstić information content (AvgIpc) is 1.60. The highest BCUT2D eigenvalue weighted by Gasteiger charge is 2.31. The summed E-state index contributed by atoms with van der Waals surface area (Å²) in [6, 6.07) is 31.8. The first-order chi connectivity index (χ1) is 53.7. The predicted octanol–water partition coefficient (Wildman–Crippen LogP) is 10.2. The number of nitrogen functional groups attached to an aromatic ring is 1. The van der Waals surface area contributed by atoms with Crippen LogP contribution in [-0.2, 0) is 58.2 Å². The molecule has 0 radical (unpaired) electrons. The molecule has 23 nitrogen and oxygen atoms in total. The van der Waals surface area contributed by atoms with Crippen molar-refractivity contribution in [3.05, 3.63) is 195 Å². The van der Waals surface area contributed by atoms with Crippen LogP contribution in [0.5, 0.6) is 0 Å². The van der Waals surface area contributed by atoms with Gasteiger partial charge in [-0.3, -0.25) is 34.7 Å². The van der Waals surface area contributed by atoms with E-state index >= 15 is 0 Å². The maximum absolute atomic E-state index is 13.6. The zero-order valence-electron chi connectivity index (χ0n) is 63.1. The third-order valence-electron chi connectivity index (χ3n) is 22.1. The van der Waals surface area contributed by atoms with Gasteiger partial charge in [-0.15, -0.1) is 0 Å². The quantitative estimate of drug-likeness (QED) is 0.0365. The van der Waals surface area contributed by atoms with Gasteiger partial charge in [0.05, 0.1) is 60.0 Å². The number of ether oxygens (including phenoxy) is 1. The summed E-state index contributed by atoms with van der Waals surface area (Å²) in [4.78, 5) is 60.1. The summed E-state index contributed by atoms with van der Waals surface area (Å²) in [5, 5.41) is 20.3. The van der Waals surface area contributed by atoms with Gasteiger partial charge in [0.25, 0.3) is 0 Å². The van der Waals surface area contributed by atoms with Gasteiger partial charge in [0.1, 0.15) is 56.9 Å². The number of nitrogens with one attached hydrogen (secondary N) is 1. The van der Waals surface area contributed by atoms with Gasteiger partial charge in [-0.25, -0.2) is 56.2 Å². The Bertz CT molecular complexity index is 5470. The zero-order chi connectivity index (χ0) is 77.7. The van der Waals surface area contributed by atoms with E-state index in [0.717, 1.165) is 230 Å². The number of amidine groups is 1. The van der Waals surface area contributed by atoms with E-state index in [-0.39, 0.29) is 5.84 Å². The molecule has 0 aliphatic carbocycles. The van der Waals surface area contributed by atoms with Crippen molar-refractivity contribution in [2.75, 3.05) is 152 Å². The molecule has 16 rings (SSSR count). The lowest BCUT2D eigenvalue weighted by atomic mass is 10.1. The third-order valence-corrected chi connectivity index (χ3v) is 22.1. The van der Waals surface area contributed by atoms with Crippen molar-refractivity contribution >= 4 is 95.0 Å². The number of benzene rings is 6. The second-order valence-corrected chi connectivity index (χ2v) is 28.7. The van der Waals surface area contributed by atoms with Crippen LogP contribution in [0.3, 0.4) is 0 Å². The lowest BCUT2D eigenvalue weighted by Crippen LogP contribution is -2.47. The summed E-state index contributed by atoms with van der Waals surface area (Å²) in [5.41, 5.74) is 23.7. The van der Waals surface area contributed by atoms with Crippen molar-refractivity contribution in [3.8, 4) is 6.07 Å². The van der Waals surface area contributed by atoms with Crippen LogP contribution in [0.4, 0.5) is 43.8 Å². The summed E-state index contributed by atoms with van der Waals surface area (Å²) < 4.78 is 92.1. The number of anilines is 3. The fourth-order valence-electron chi connectivity index (χ4n) is 15.8. The van der Waals surface area contributed by atoms with Gasteiger partial charge < -0.3 is 44.6 Å². The number of carbonyl (C=O) groups excluding carboxylic acids is 1. The molecule has 12 aromatic rings. The van der Waals surface area contributed by atoms with Crippen LogP contribution in [-0.4, -0.2) is 217 Å². The van der Waals surface area contributed by atoms with Crippen LogP contribution in [0.1, 0.15) is 63.7 Å². The summed E-state index contributed by atoms with van der Waals surface area (Å²) >= 11 is 0. The van der Waals surface area contributed by atoms with Crippen LogP contribution >= 0.6 is 0 Å². The molecule has 1 amide bonds. The monoisotopic (exact) mass is 1520 g/mol. The molecule has 578 valence electrons. The Balaban J connectivity index is 0.000000139. The van der Waals surface area contributed by atoms with Crippen LogP contribution < -0.4 is 26.2 Å². The Hall–Kier alpha value is -10.9. The number of carbonyl (C=O) groups is 1. The summed E-state index contributed by atoms with van der Waals surface area (Å²) in [6.07, 6.45) is 3.57. The topological polar surface area (TPSA) is 244 Å². The SMILES string of the molecule is CCN(CC)Cc1nc(N2CCN(CCc3ccc(F)c(F)c3)CC2)c2c(n1)c1c(C#N)cccc1n2C.Cn1c2cccc(C(=N)N)c2c2ncnc(N3CCN(CCc4ccc(F)c(F)c4)CC3)c21.Cn1c2cccc(C(N)=O)c2c2nc(CN3CCOCC3)nc(N3CCN(CCc4ccc(F)c(F)c4)CC3)c21. The van der Waals surface area contributed by atoms with Gasteiger partial charge in [0.2, 0.25) is 5.91 Å². The first-order valence-electron chi connectivity index (χ1n) is 37.8. The summed E-state index contributed by atoms with van der Waals surface area (Å²) in [6.45, 7) is 22.3. The highest BCUT2D eigenvalue weighted by molar-refractivity contribution is 6.19. The lowest BCUT2D eigenvalue weighted by molar-refractivity contribution is 0.0331. The third kappa shape index (κ3) is 16.4. The maximum atomic E-state index is 13.6. The molecular weight excluding hydrogens is 1430 g/mol. The number of primary amides is 1. The molecule has 4 saturated heterocycles. The minimum absolute atomic E-state index is 0.0166. The van der Waals surface area contributed by atoms with Crippen LogP contribution in [0.15, 0.2) is 116 Å². The lowest BCUT2D eigenvalue weighted by Gasteiger charge is -2.36. The molecule has 10 heterocycles. The Morgan fingerprint density at radius 1 is 0.486 bits per heavy atom. The van der Waals surface area contributed by atoms with Gasteiger partial charge in [0.15, 0.2) is 52.4 Å². The van der Waals surface area contributed by atoms with Crippen molar-refractivity contribution in [1.82, 2.24) is 68.1 Å². The molecule has 111 heavy (non-hydrogen) atoms. The molecule has 0 saturated carbocycles. The molecule has 6 aromatic heterocycles. The van der Waals surface area contributed by atoms with Crippen LogP contribution in [0.25, 0.3) is 65.8 Å². The number of nitrogens with zero attached hydrogens (tertiary/aromatic N) is 18. The van der Waals surface area contributed by atoms with Gasteiger partial charge in [0, 0.05) is 154 Å². The normalized spacial score (nSPS) is 15.6. The van der Waals surface area contributed by atoms with Crippen molar-refractivity contribution in [3.63, 3.8) is 0 Å². The molecular formula is C82H91F6N21O2. The number of amides is 1. The zero-order valence-corrected chi connectivity index (χ0v) is 63.1. The van der Waals surface area contributed by atoms with E-state index in [0.29, 0.717) is 68.1 Å². The largest absolute Gasteiger partial charge is 0.384 e. The molecule has 5 N–H and O–H groups in total. The molecule has 6 aromatic carbocycles. The number of aryl methyl sites for hydroxylation is 3. The smallest absolute Gasteiger partial charge is 0.249 e. The highest BCUT2D eigenvalue weighted by Crippen LogP contribution is 2.39. The molecule has 4 fully saturated rings. The number of morpholine rings is 1. The average molecular weight is 1520 g/mol. The number of rotatable bonds is 20. The van der Waals surface area contributed by atoms with E-state index in [2.05, 4.69) is 82.8 Å². The van der Waals surface area contributed by atoms with Gasteiger partial charge in [-0.05, 0) is 116 Å². The minimum atomic E-state index is -0.821. The highest BCUT2D eigenvalue weighted by atomic mass is 19.2. The van der Waals surface area contributed by atoms with Crippen LogP contribution in [0, 0.1) is 51.6 Å². The molecule has 0 bridgehead atoms. The van der Waals surface area contributed by atoms with Crippen molar-refractivity contribution in [1.29, 1.82) is 10.7 Å². The van der Waals surface area contributed by atoms with Gasteiger partial charge in [-0.2, -0.15) is 5.26 Å². The minimum Gasteiger partial charge on any atom is -0.384 e. The van der Waals surface area contributed by atoms with E-state index < -0.39 is 40.8 Å².